The van der Waals surface area contributed by atoms with Crippen LogP contribution in [0.1, 0.15) is 44.9 Å². The van der Waals surface area contributed by atoms with E-state index in [-0.39, 0.29) is 40.6 Å². The fourth-order valence-corrected chi connectivity index (χ4v) is 14.1. The molecule has 5 unspecified atom stereocenters. The van der Waals surface area contributed by atoms with Crippen molar-refractivity contribution in [3.05, 3.63) is 62.4 Å². The molecule has 0 aliphatic carbocycles. The number of nitrogens with zero attached hydrogens (tertiary/aromatic N) is 8. The number of nitrogen functional groups attached to an aromatic ring is 2. The smallest absolute Gasteiger partial charge is 0.449 e. The van der Waals surface area contributed by atoms with Gasteiger partial charge in [-0.25, -0.2) is 42.8 Å². The lowest BCUT2D eigenvalue weighted by Crippen LogP contribution is -2.37. The van der Waals surface area contributed by atoms with Gasteiger partial charge in [0.2, 0.25) is 18.5 Å². The number of H-pyrrole nitrogens is 2. The number of methoxy groups -OCH3 is 1. The molecule has 41 heteroatoms. The van der Waals surface area contributed by atoms with Crippen molar-refractivity contribution in [3.63, 3.8) is 0 Å². The number of hydrogen-bond acceptors (Lipinski definition) is 27. The van der Waals surface area contributed by atoms with Crippen LogP contribution in [0.4, 0.5) is 16.6 Å². The van der Waals surface area contributed by atoms with Gasteiger partial charge in [-0.2, -0.15) is 18.2 Å². The summed E-state index contributed by atoms with van der Waals surface area (Å²) in [7, 11) is -19.0. The number of aryl methyl sites for hydroxylation is 1. The lowest BCUT2D eigenvalue weighted by Gasteiger charge is -2.24. The number of imidazole rings is 2. The van der Waals surface area contributed by atoms with E-state index in [2.05, 4.69) is 38.9 Å². The van der Waals surface area contributed by atoms with Gasteiger partial charge in [0.25, 0.3) is 16.7 Å². The molecule has 0 aromatic carbocycles. The second-order valence-electron chi connectivity index (χ2n) is 17.9. The number of nitrogens with two attached hydrogens (primary N) is 2. The molecule has 5 aromatic rings. The average molecular weight is 1200 g/mol. The molecule has 3 aliphatic rings. The first-order chi connectivity index (χ1) is 37.3. The van der Waals surface area contributed by atoms with Crippen molar-refractivity contribution in [2.75, 3.05) is 51.5 Å². The van der Waals surface area contributed by atoms with E-state index in [0.717, 1.165) is 36.0 Å². The number of ether oxygens (including phenoxy) is 5. The number of amides is 1. The maximum atomic E-state index is 14.2. The number of carbonyl (C=O) groups excluding carboxylic acids is 1. The number of nitrogens with one attached hydrogen (secondary N) is 3. The SMILES string of the molecule is CCCCCNC(=O)OC[C@H]1[C@@H](O)[C@H](n2c[n+](C)c3c(=O)[nH]c(N)nc32)O[C@@H]1COP(=O)(O)OP(=O)(O)OP(=O)(O)OC[C@H]1O[C@@H](n2cnc3c(N)ncnc32)[C@H](OC)[C@@H]1[PH](=O)OCC1O[C@@H](n2ccc(=O)[nH]c2=O)[C@H](O)[C@@H]1O. The number of phosphoric ester groups is 2. The summed E-state index contributed by atoms with van der Waals surface area (Å²) in [6, 6.07) is 0.960. The van der Waals surface area contributed by atoms with Gasteiger partial charge in [-0.05, 0) is 6.42 Å². The summed E-state index contributed by atoms with van der Waals surface area (Å²) < 4.78 is 112. The molecule has 0 radical (unpaired) electrons. The highest BCUT2D eigenvalue weighted by Crippen LogP contribution is 2.68. The molecule has 16 atom stereocenters. The number of phosphoric acid groups is 3. The summed E-state index contributed by atoms with van der Waals surface area (Å²) >= 11 is 0. The standard InChI is InChI=1S/C38H55N13O24P4/c1-4-5-6-8-41-38(58)67-10-17-18(71-33(24(17)53)51-16-48(2)23-31(51)46-36(40)47-32(23)56)12-69-77(60,61)74-79(64,65)75-78(62,63)70-13-20-28(27(66-3)35(73-20)50-15-44-22-29(39)42-14-43-30(22)50)76(59)68-11-19-25(54)26(55)34(72-19)49-9-7-21(52)45-37(49)57/h7,9,14-20,24-28,33-35,53-55,76H,4-6,8,10-13H2,1-3H3,(H9-,39,40,41,42,43,45,46,47,52,56,57,58,60,61,62,63,64,65)/p+1/t17-,18-,19?,20-,24-,25-,26-,27-,28-,33-,34-,35-/m1/s1. The normalized spacial score (nSPS) is 28.9. The Kier molecular flexibility index (Phi) is 18.5. The molecule has 13 N–H and O–H groups in total. The first-order valence-electron chi connectivity index (χ1n) is 23.6. The Morgan fingerprint density at radius 2 is 1.51 bits per heavy atom. The third-order valence-corrected chi connectivity index (χ3v) is 18.6. The Hall–Kier alpha value is -5.23. The molecular weight excluding hydrogens is 1150 g/mol. The maximum absolute atomic E-state index is 14.2. The van der Waals surface area contributed by atoms with Crippen LogP contribution in [0.25, 0.3) is 22.3 Å². The Morgan fingerprint density at radius 1 is 0.835 bits per heavy atom. The quantitative estimate of drug-likeness (QED) is 0.0175. The van der Waals surface area contributed by atoms with E-state index >= 15 is 0 Å². The largest absolute Gasteiger partial charge is 0.490 e. The van der Waals surface area contributed by atoms with E-state index in [9.17, 15) is 67.4 Å². The zero-order chi connectivity index (χ0) is 57.3. The molecule has 3 fully saturated rings. The van der Waals surface area contributed by atoms with Crippen LogP contribution >= 0.6 is 31.5 Å². The van der Waals surface area contributed by atoms with E-state index in [1.54, 1.807) is 0 Å². The van der Waals surface area contributed by atoms with Crippen LogP contribution in [0.5, 0.6) is 0 Å². The number of unbranched alkanes of at least 4 members (excludes halogenated alkanes) is 2. The van der Waals surface area contributed by atoms with E-state index in [4.69, 9.17) is 48.7 Å². The number of carbonyl (C=O) groups is 1. The minimum Gasteiger partial charge on any atom is -0.449 e. The number of hydrogen-bond donors (Lipinski definition) is 11. The molecule has 8 rings (SSSR count). The van der Waals surface area contributed by atoms with Crippen LogP contribution in [-0.4, -0.2) is 168 Å². The first-order valence-corrected chi connectivity index (χ1v) is 29.5. The minimum atomic E-state index is -6.21. The number of aliphatic hydroxyl groups is 3. The molecule has 79 heavy (non-hydrogen) atoms. The molecular formula is C38H56N13O24P4+. The molecule has 5 aromatic heterocycles. The monoisotopic (exact) mass is 1200 g/mol. The number of aromatic amines is 2. The Morgan fingerprint density at radius 3 is 2.19 bits per heavy atom. The van der Waals surface area contributed by atoms with Crippen LogP contribution in [0, 0.1) is 5.92 Å². The van der Waals surface area contributed by atoms with E-state index in [0.29, 0.717) is 6.42 Å². The third kappa shape index (κ3) is 13.4. The molecule has 37 nitrogen and oxygen atoms in total. The van der Waals surface area contributed by atoms with Crippen molar-refractivity contribution >= 4 is 71.7 Å². The third-order valence-electron chi connectivity index (χ3n) is 12.7. The molecule has 3 aliphatic heterocycles. The van der Waals surface area contributed by atoms with Crippen molar-refractivity contribution in [3.8, 4) is 0 Å². The fraction of sp³-hybridized carbons (Fsp3) is 0.605. The van der Waals surface area contributed by atoms with Crippen molar-refractivity contribution in [2.24, 2.45) is 13.0 Å². The summed E-state index contributed by atoms with van der Waals surface area (Å²) in [4.78, 5) is 102. The Labute approximate surface area is 443 Å². The van der Waals surface area contributed by atoms with Crippen LogP contribution in [-0.2, 0) is 71.2 Å². The maximum Gasteiger partial charge on any atom is 0.490 e. The van der Waals surface area contributed by atoms with Crippen molar-refractivity contribution in [1.82, 2.24) is 48.9 Å². The van der Waals surface area contributed by atoms with Gasteiger partial charge >= 0.3 is 40.8 Å². The predicted molar refractivity (Wildman–Crippen MR) is 262 cm³/mol. The summed E-state index contributed by atoms with van der Waals surface area (Å²) in [6.07, 6.45) is -9.50. The zero-order valence-corrected chi connectivity index (χ0v) is 45.3. The van der Waals surface area contributed by atoms with Crippen molar-refractivity contribution in [1.29, 1.82) is 0 Å². The van der Waals surface area contributed by atoms with Gasteiger partial charge in [0, 0.05) is 25.9 Å². The molecule has 8 heterocycles. The van der Waals surface area contributed by atoms with Gasteiger partial charge in [0.15, 0.2) is 31.9 Å². The lowest BCUT2D eigenvalue weighted by molar-refractivity contribution is -0.646. The first kappa shape index (κ1) is 59.9. The minimum absolute atomic E-state index is 0.00932. The number of rotatable bonds is 24. The van der Waals surface area contributed by atoms with Crippen molar-refractivity contribution < 1.29 is 103 Å². The van der Waals surface area contributed by atoms with Gasteiger partial charge in [0.05, 0.1) is 57.0 Å². The summed E-state index contributed by atoms with van der Waals surface area (Å²) in [5.74, 6) is -1.65. The zero-order valence-electron chi connectivity index (χ0n) is 41.6. The average Bonchev–Trinajstić information content (AvgIpc) is 4.29. The van der Waals surface area contributed by atoms with Crippen LogP contribution < -0.4 is 38.2 Å². The summed E-state index contributed by atoms with van der Waals surface area (Å²) in [5.41, 5.74) is 7.89. The molecule has 436 valence electrons. The topological polar surface area (TPSA) is 516 Å². The molecule has 0 bridgehead atoms. The number of alkyl carbamates (subject to hydrolysis) is 1. The van der Waals surface area contributed by atoms with Crippen LogP contribution in [0.3, 0.4) is 0 Å². The lowest BCUT2D eigenvalue weighted by atomic mass is 9.99. The van der Waals surface area contributed by atoms with E-state index in [1.165, 1.54) is 40.5 Å². The second-order valence-corrected chi connectivity index (χ2v) is 24.2. The predicted octanol–water partition coefficient (Wildman–Crippen LogP) is -2.35. The van der Waals surface area contributed by atoms with E-state index < -0.39 is 154 Å². The molecule has 0 spiro atoms. The highest BCUT2D eigenvalue weighted by Gasteiger charge is 2.54. The number of aromatic nitrogens is 10. The second kappa shape index (κ2) is 24.5. The van der Waals surface area contributed by atoms with Gasteiger partial charge in [-0.3, -0.25) is 42.3 Å². The molecule has 3 saturated heterocycles. The highest BCUT2D eigenvalue weighted by atomic mass is 31.3. The number of aliphatic hydroxyl groups excluding tert-OH is 3. The van der Waals surface area contributed by atoms with Gasteiger partial charge in [0.1, 0.15) is 49.0 Å². The van der Waals surface area contributed by atoms with Crippen LogP contribution in [0.2, 0.25) is 0 Å². The summed E-state index contributed by atoms with van der Waals surface area (Å²) in [5, 5.41) is 35.6. The fourth-order valence-electron chi connectivity index (χ4n) is 8.98. The van der Waals surface area contributed by atoms with E-state index in [1.807, 2.05) is 11.9 Å². The molecule has 0 saturated carbocycles. The van der Waals surface area contributed by atoms with Gasteiger partial charge in [-0.15, -0.1) is 0 Å². The van der Waals surface area contributed by atoms with Gasteiger partial charge in [-0.1, -0.05) is 19.8 Å². The van der Waals surface area contributed by atoms with Crippen LogP contribution in [0.15, 0.2) is 45.6 Å². The number of fused-ring (bicyclic) bond motifs is 2. The molecule has 1 amide bonds. The Balaban J connectivity index is 0.947. The van der Waals surface area contributed by atoms with Gasteiger partial charge < -0.3 is 75.0 Å². The number of anilines is 2. The van der Waals surface area contributed by atoms with Crippen molar-refractivity contribution in [2.45, 2.75) is 93.3 Å². The Bertz CT molecular complexity index is 3380. The highest BCUT2D eigenvalue weighted by molar-refractivity contribution is 7.66. The summed E-state index contributed by atoms with van der Waals surface area (Å²) in [6.45, 7) is -1.36.